The van der Waals surface area contributed by atoms with Crippen LogP contribution in [0.25, 0.3) is 0 Å². The van der Waals surface area contributed by atoms with Crippen molar-refractivity contribution < 1.29 is 9.16 Å². The molecular formula is C10H22O2Si. The van der Waals surface area contributed by atoms with Gasteiger partial charge >= 0.3 is 0 Å². The maximum Gasteiger partial charge on any atom is 0.158 e. The average molecular weight is 202 g/mol. The van der Waals surface area contributed by atoms with Crippen molar-refractivity contribution in [2.24, 2.45) is 0 Å². The van der Waals surface area contributed by atoms with Crippen LogP contribution in [-0.2, 0) is 9.16 Å². The van der Waals surface area contributed by atoms with Crippen molar-refractivity contribution in [3.8, 4) is 0 Å². The van der Waals surface area contributed by atoms with Gasteiger partial charge in [-0.25, -0.2) is 0 Å². The van der Waals surface area contributed by atoms with Gasteiger partial charge in [0.25, 0.3) is 0 Å². The van der Waals surface area contributed by atoms with Crippen LogP contribution in [0.1, 0.15) is 38.5 Å². The molecular weight excluding hydrogens is 180 g/mol. The van der Waals surface area contributed by atoms with E-state index in [1.807, 2.05) is 0 Å². The Morgan fingerprint density at radius 2 is 1.92 bits per heavy atom. The lowest BCUT2D eigenvalue weighted by molar-refractivity contribution is 0.0228. The predicted molar refractivity (Wildman–Crippen MR) is 57.8 cm³/mol. The minimum atomic E-state index is -0.193. The fraction of sp³-hybridized carbons (Fsp3) is 1.00. The highest BCUT2D eigenvalue weighted by molar-refractivity contribution is 6.24. The van der Waals surface area contributed by atoms with Crippen molar-refractivity contribution in [2.45, 2.75) is 51.2 Å². The molecule has 0 N–H and O–H groups in total. The highest BCUT2D eigenvalue weighted by atomic mass is 28.2. The first-order chi connectivity index (χ1) is 6.43. The van der Waals surface area contributed by atoms with Gasteiger partial charge in [-0.05, 0) is 19.3 Å². The van der Waals surface area contributed by atoms with Crippen LogP contribution in [-0.4, -0.2) is 29.1 Å². The van der Waals surface area contributed by atoms with Gasteiger partial charge in [0, 0.05) is 13.2 Å². The molecule has 0 unspecified atom stereocenters. The van der Waals surface area contributed by atoms with Crippen LogP contribution in [0.4, 0.5) is 0 Å². The van der Waals surface area contributed by atoms with E-state index in [-0.39, 0.29) is 9.76 Å². The standard InChI is InChI=1S/C10H22O2Si/c1-13-12-9-5-8-11-10-6-3-2-4-7-10/h10H,2-9,13H2,1H3. The summed E-state index contributed by atoms with van der Waals surface area (Å²) < 4.78 is 11.1. The molecule has 0 bridgehead atoms. The summed E-state index contributed by atoms with van der Waals surface area (Å²) in [5.41, 5.74) is 0. The zero-order valence-corrected chi connectivity index (χ0v) is 10.2. The second kappa shape index (κ2) is 7.53. The Morgan fingerprint density at radius 1 is 1.15 bits per heavy atom. The van der Waals surface area contributed by atoms with Gasteiger partial charge in [0.05, 0.1) is 6.10 Å². The highest BCUT2D eigenvalue weighted by Crippen LogP contribution is 2.20. The topological polar surface area (TPSA) is 18.5 Å². The van der Waals surface area contributed by atoms with Crippen molar-refractivity contribution in [1.29, 1.82) is 0 Å². The van der Waals surface area contributed by atoms with Crippen LogP contribution < -0.4 is 0 Å². The van der Waals surface area contributed by atoms with Gasteiger partial charge in [-0.15, -0.1) is 0 Å². The number of rotatable bonds is 6. The van der Waals surface area contributed by atoms with Gasteiger partial charge in [-0.1, -0.05) is 25.8 Å². The van der Waals surface area contributed by atoms with E-state index in [0.717, 1.165) is 19.6 Å². The molecule has 0 radical (unpaired) electrons. The third-order valence-corrected chi connectivity index (χ3v) is 3.24. The van der Waals surface area contributed by atoms with Gasteiger partial charge in [-0.2, -0.15) is 0 Å². The molecule has 0 amide bonds. The molecule has 13 heavy (non-hydrogen) atoms. The minimum absolute atomic E-state index is 0.193. The summed E-state index contributed by atoms with van der Waals surface area (Å²) >= 11 is 0. The molecule has 0 spiro atoms. The molecule has 3 heteroatoms. The Kier molecular flexibility index (Phi) is 6.50. The minimum Gasteiger partial charge on any atom is -0.424 e. The molecule has 1 aliphatic carbocycles. The Labute approximate surface area is 83.9 Å². The van der Waals surface area contributed by atoms with Gasteiger partial charge in [0.1, 0.15) is 0 Å². The monoisotopic (exact) mass is 202 g/mol. The average Bonchev–Trinajstić information content (AvgIpc) is 2.19. The lowest BCUT2D eigenvalue weighted by atomic mass is 9.98. The van der Waals surface area contributed by atoms with Crippen LogP contribution in [0.3, 0.4) is 0 Å². The molecule has 78 valence electrons. The van der Waals surface area contributed by atoms with Crippen molar-refractivity contribution in [3.63, 3.8) is 0 Å². The van der Waals surface area contributed by atoms with Gasteiger partial charge in [-0.3, -0.25) is 0 Å². The Bertz CT molecular complexity index is 113. The summed E-state index contributed by atoms with van der Waals surface area (Å²) in [6.45, 7) is 3.98. The quantitative estimate of drug-likeness (QED) is 0.483. The van der Waals surface area contributed by atoms with Gasteiger partial charge in [0.2, 0.25) is 0 Å². The maximum absolute atomic E-state index is 5.76. The normalized spacial score (nSPS) is 20.1. The van der Waals surface area contributed by atoms with E-state index in [1.165, 1.54) is 32.1 Å². The fourth-order valence-corrected chi connectivity index (χ4v) is 2.28. The molecule has 1 fully saturated rings. The van der Waals surface area contributed by atoms with E-state index >= 15 is 0 Å². The lowest BCUT2D eigenvalue weighted by Gasteiger charge is -2.21. The Balaban J connectivity index is 1.86. The van der Waals surface area contributed by atoms with E-state index in [4.69, 9.17) is 9.16 Å². The van der Waals surface area contributed by atoms with Crippen LogP contribution in [0.2, 0.25) is 6.55 Å². The van der Waals surface area contributed by atoms with Crippen LogP contribution in [0.15, 0.2) is 0 Å². The first-order valence-electron chi connectivity index (χ1n) is 5.63. The molecule has 0 aromatic carbocycles. The van der Waals surface area contributed by atoms with Crippen molar-refractivity contribution in [3.05, 3.63) is 0 Å². The Morgan fingerprint density at radius 3 is 2.62 bits per heavy atom. The third-order valence-electron chi connectivity index (χ3n) is 2.54. The zero-order valence-electron chi connectivity index (χ0n) is 8.76. The zero-order chi connectivity index (χ0) is 9.36. The van der Waals surface area contributed by atoms with E-state index in [9.17, 15) is 0 Å². The molecule has 0 aliphatic heterocycles. The second-order valence-electron chi connectivity index (χ2n) is 3.68. The smallest absolute Gasteiger partial charge is 0.158 e. The molecule has 0 aromatic rings. The predicted octanol–water partition coefficient (Wildman–Crippen LogP) is 1.87. The summed E-state index contributed by atoms with van der Waals surface area (Å²) in [5.74, 6) is 0. The number of hydrogen-bond donors (Lipinski definition) is 0. The van der Waals surface area contributed by atoms with E-state index in [1.54, 1.807) is 0 Å². The molecule has 0 saturated heterocycles. The van der Waals surface area contributed by atoms with Crippen molar-refractivity contribution >= 4 is 9.76 Å². The van der Waals surface area contributed by atoms with Crippen molar-refractivity contribution in [2.75, 3.05) is 13.2 Å². The molecule has 0 atom stereocenters. The highest BCUT2D eigenvalue weighted by Gasteiger charge is 2.12. The summed E-state index contributed by atoms with van der Waals surface area (Å²) in [6.07, 6.45) is 8.34. The molecule has 1 aliphatic rings. The molecule has 0 aromatic heterocycles. The summed E-state index contributed by atoms with van der Waals surface area (Å²) in [6, 6.07) is 0. The lowest BCUT2D eigenvalue weighted by Crippen LogP contribution is -2.17. The molecule has 2 nitrogen and oxygen atoms in total. The van der Waals surface area contributed by atoms with E-state index in [0.29, 0.717) is 6.10 Å². The molecule has 1 rings (SSSR count). The van der Waals surface area contributed by atoms with Gasteiger partial charge in [0.15, 0.2) is 9.76 Å². The molecule has 0 heterocycles. The first kappa shape index (κ1) is 11.2. The van der Waals surface area contributed by atoms with E-state index < -0.39 is 0 Å². The first-order valence-corrected chi connectivity index (χ1v) is 7.62. The van der Waals surface area contributed by atoms with Crippen LogP contribution in [0, 0.1) is 0 Å². The van der Waals surface area contributed by atoms with E-state index in [2.05, 4.69) is 6.55 Å². The maximum atomic E-state index is 5.76. The number of hydrogen-bond acceptors (Lipinski definition) is 2. The number of ether oxygens (including phenoxy) is 1. The van der Waals surface area contributed by atoms with Crippen LogP contribution >= 0.6 is 0 Å². The summed E-state index contributed by atoms with van der Waals surface area (Å²) in [4.78, 5) is 0. The summed E-state index contributed by atoms with van der Waals surface area (Å²) in [5, 5.41) is 0. The third kappa shape index (κ3) is 5.44. The molecule has 1 saturated carbocycles. The summed E-state index contributed by atoms with van der Waals surface area (Å²) in [7, 11) is -0.193. The van der Waals surface area contributed by atoms with Gasteiger partial charge < -0.3 is 9.16 Å². The second-order valence-corrected chi connectivity index (χ2v) is 4.67. The van der Waals surface area contributed by atoms with Crippen LogP contribution in [0.5, 0.6) is 0 Å². The van der Waals surface area contributed by atoms with Crippen molar-refractivity contribution in [1.82, 2.24) is 0 Å². The largest absolute Gasteiger partial charge is 0.424 e. The Hall–Kier alpha value is 0.137. The fourth-order valence-electron chi connectivity index (χ4n) is 1.79. The SMILES string of the molecule is C[SiH2]OCCCOC1CCCCC1.